The molecule has 0 saturated carbocycles. The van der Waals surface area contributed by atoms with E-state index in [0.717, 1.165) is 18.6 Å². The number of methoxy groups -OCH3 is 1. The molecule has 0 amide bonds. The molecule has 108 valence electrons. The first-order valence-electron chi connectivity index (χ1n) is 6.74. The number of hydrogen-bond acceptors (Lipinski definition) is 4. The minimum Gasteiger partial charge on any atom is -0.385 e. The maximum atomic E-state index is 5.97. The van der Waals surface area contributed by atoms with E-state index in [1.807, 2.05) is 37.3 Å². The quantitative estimate of drug-likeness (QED) is 0.660. The molecular formula is C15H25NO3. The first kappa shape index (κ1) is 16.1. The lowest BCUT2D eigenvalue weighted by molar-refractivity contribution is -0.00763. The summed E-state index contributed by atoms with van der Waals surface area (Å²) >= 11 is 0. The van der Waals surface area contributed by atoms with E-state index in [1.165, 1.54) is 0 Å². The molecule has 4 heteroatoms. The third-order valence-electron chi connectivity index (χ3n) is 2.77. The number of rotatable bonds is 10. The van der Waals surface area contributed by atoms with Gasteiger partial charge in [-0.3, -0.25) is 0 Å². The monoisotopic (exact) mass is 267 g/mol. The molecule has 0 aliphatic rings. The highest BCUT2D eigenvalue weighted by Gasteiger charge is 2.16. The molecule has 0 fully saturated rings. The van der Waals surface area contributed by atoms with Crippen LogP contribution in [-0.4, -0.2) is 39.6 Å². The third kappa shape index (κ3) is 6.68. The van der Waals surface area contributed by atoms with E-state index in [0.29, 0.717) is 19.8 Å². The fraction of sp³-hybridized carbons (Fsp3) is 0.600. The highest BCUT2D eigenvalue weighted by atomic mass is 16.5. The van der Waals surface area contributed by atoms with Gasteiger partial charge in [0, 0.05) is 26.4 Å². The molecule has 0 aromatic heterocycles. The van der Waals surface area contributed by atoms with Gasteiger partial charge >= 0.3 is 0 Å². The van der Waals surface area contributed by atoms with Crippen LogP contribution in [0.4, 0.5) is 0 Å². The zero-order valence-electron chi connectivity index (χ0n) is 11.9. The summed E-state index contributed by atoms with van der Waals surface area (Å²) in [6, 6.07) is 10.0. The van der Waals surface area contributed by atoms with Crippen LogP contribution >= 0.6 is 0 Å². The molecule has 0 radical (unpaired) electrons. The van der Waals surface area contributed by atoms with Gasteiger partial charge < -0.3 is 19.9 Å². The summed E-state index contributed by atoms with van der Waals surface area (Å²) in [5, 5.41) is 0. The van der Waals surface area contributed by atoms with Gasteiger partial charge in [0.05, 0.1) is 19.3 Å². The summed E-state index contributed by atoms with van der Waals surface area (Å²) in [5.41, 5.74) is 7.08. The predicted octanol–water partition coefficient (Wildman–Crippen LogP) is 2.14. The lowest BCUT2D eigenvalue weighted by Gasteiger charge is -2.21. The van der Waals surface area contributed by atoms with E-state index in [9.17, 15) is 0 Å². The van der Waals surface area contributed by atoms with Crippen molar-refractivity contribution in [3.05, 3.63) is 35.9 Å². The minimum atomic E-state index is -0.0798. The second kappa shape index (κ2) is 9.92. The van der Waals surface area contributed by atoms with Crippen LogP contribution in [0.3, 0.4) is 0 Å². The molecule has 2 atom stereocenters. The second-order valence-electron chi connectivity index (χ2n) is 4.52. The molecule has 4 nitrogen and oxygen atoms in total. The Hall–Kier alpha value is -0.940. The highest BCUT2D eigenvalue weighted by Crippen LogP contribution is 2.19. The largest absolute Gasteiger partial charge is 0.385 e. The molecule has 0 aliphatic heterocycles. The zero-order valence-corrected chi connectivity index (χ0v) is 11.9. The van der Waals surface area contributed by atoms with E-state index in [2.05, 4.69) is 0 Å². The number of benzene rings is 1. The molecule has 0 heterocycles. The topological polar surface area (TPSA) is 53.7 Å². The Labute approximate surface area is 115 Å². The number of hydrogen-bond donors (Lipinski definition) is 1. The molecule has 19 heavy (non-hydrogen) atoms. The highest BCUT2D eigenvalue weighted by molar-refractivity contribution is 5.18. The predicted molar refractivity (Wildman–Crippen MR) is 76.1 cm³/mol. The molecule has 0 spiro atoms. The van der Waals surface area contributed by atoms with Crippen LogP contribution < -0.4 is 5.73 Å². The summed E-state index contributed by atoms with van der Waals surface area (Å²) in [6.45, 7) is 4.52. The van der Waals surface area contributed by atoms with Crippen molar-refractivity contribution in [2.75, 3.05) is 33.5 Å². The van der Waals surface area contributed by atoms with Crippen LogP contribution in [-0.2, 0) is 14.2 Å². The summed E-state index contributed by atoms with van der Waals surface area (Å²) in [4.78, 5) is 0. The van der Waals surface area contributed by atoms with Crippen LogP contribution in [0.5, 0.6) is 0 Å². The van der Waals surface area contributed by atoms with Crippen molar-refractivity contribution >= 4 is 0 Å². The van der Waals surface area contributed by atoms with Crippen LogP contribution in [0.1, 0.15) is 25.0 Å². The second-order valence-corrected chi connectivity index (χ2v) is 4.52. The van der Waals surface area contributed by atoms with Gasteiger partial charge in [0.2, 0.25) is 0 Å². The average Bonchev–Trinajstić information content (AvgIpc) is 2.42. The van der Waals surface area contributed by atoms with Crippen molar-refractivity contribution in [3.8, 4) is 0 Å². The van der Waals surface area contributed by atoms with Crippen molar-refractivity contribution in [1.29, 1.82) is 0 Å². The van der Waals surface area contributed by atoms with Crippen molar-refractivity contribution in [3.63, 3.8) is 0 Å². The van der Waals surface area contributed by atoms with Crippen LogP contribution in [0.2, 0.25) is 0 Å². The normalized spacial score (nSPS) is 14.3. The Bertz CT molecular complexity index is 316. The zero-order chi connectivity index (χ0) is 13.9. The van der Waals surface area contributed by atoms with Gasteiger partial charge in [-0.15, -0.1) is 0 Å². The number of nitrogens with two attached hydrogens (primary N) is 1. The summed E-state index contributed by atoms with van der Waals surface area (Å²) in [5.74, 6) is 0. The van der Waals surface area contributed by atoms with E-state index in [4.69, 9.17) is 19.9 Å². The summed E-state index contributed by atoms with van der Waals surface area (Å²) in [7, 11) is 1.69. The molecule has 1 aromatic rings. The van der Waals surface area contributed by atoms with Crippen LogP contribution in [0, 0.1) is 0 Å². The van der Waals surface area contributed by atoms with Gasteiger partial charge in [-0.05, 0) is 18.9 Å². The molecule has 0 bridgehead atoms. The number of ether oxygens (including phenoxy) is 3. The van der Waals surface area contributed by atoms with Gasteiger partial charge in [-0.25, -0.2) is 0 Å². The average molecular weight is 267 g/mol. The van der Waals surface area contributed by atoms with E-state index < -0.39 is 0 Å². The summed E-state index contributed by atoms with van der Waals surface area (Å²) in [6.07, 6.45) is 0.829. The molecular weight excluding hydrogens is 242 g/mol. The van der Waals surface area contributed by atoms with Gasteiger partial charge in [-0.1, -0.05) is 30.3 Å². The Morgan fingerprint density at radius 3 is 2.42 bits per heavy atom. The molecule has 0 saturated heterocycles. The van der Waals surface area contributed by atoms with Crippen molar-refractivity contribution in [1.82, 2.24) is 0 Å². The fourth-order valence-electron chi connectivity index (χ4n) is 1.84. The molecule has 2 unspecified atom stereocenters. The summed E-state index contributed by atoms with van der Waals surface area (Å²) < 4.78 is 16.2. The van der Waals surface area contributed by atoms with Gasteiger partial charge in [0.1, 0.15) is 0 Å². The minimum absolute atomic E-state index is 0.0455. The SMILES string of the molecule is COCCCOCCOC(c1ccccc1)C(C)N. The first-order chi connectivity index (χ1) is 9.25. The third-order valence-corrected chi connectivity index (χ3v) is 2.77. The fourth-order valence-corrected chi connectivity index (χ4v) is 1.84. The van der Waals surface area contributed by atoms with E-state index in [1.54, 1.807) is 7.11 Å². The van der Waals surface area contributed by atoms with E-state index >= 15 is 0 Å². The Morgan fingerprint density at radius 1 is 1.05 bits per heavy atom. The molecule has 2 N–H and O–H groups in total. The van der Waals surface area contributed by atoms with Crippen LogP contribution in [0.25, 0.3) is 0 Å². The Balaban J connectivity index is 2.24. The maximum absolute atomic E-state index is 5.97. The smallest absolute Gasteiger partial charge is 0.0974 e. The van der Waals surface area contributed by atoms with Crippen LogP contribution in [0.15, 0.2) is 30.3 Å². The van der Waals surface area contributed by atoms with Crippen molar-refractivity contribution in [2.24, 2.45) is 5.73 Å². The first-order valence-corrected chi connectivity index (χ1v) is 6.74. The van der Waals surface area contributed by atoms with Gasteiger partial charge in [0.25, 0.3) is 0 Å². The molecule has 1 rings (SSSR count). The van der Waals surface area contributed by atoms with Gasteiger partial charge in [-0.2, -0.15) is 0 Å². The molecule has 0 aliphatic carbocycles. The maximum Gasteiger partial charge on any atom is 0.0974 e. The van der Waals surface area contributed by atoms with Gasteiger partial charge in [0.15, 0.2) is 0 Å². The Morgan fingerprint density at radius 2 is 1.79 bits per heavy atom. The van der Waals surface area contributed by atoms with Crippen molar-refractivity contribution < 1.29 is 14.2 Å². The van der Waals surface area contributed by atoms with Crippen molar-refractivity contribution in [2.45, 2.75) is 25.5 Å². The molecule has 1 aromatic carbocycles. The van der Waals surface area contributed by atoms with E-state index in [-0.39, 0.29) is 12.1 Å². The lowest BCUT2D eigenvalue weighted by atomic mass is 10.0. The Kier molecular flexibility index (Phi) is 8.41. The lowest BCUT2D eigenvalue weighted by Crippen LogP contribution is -2.28. The standard InChI is InChI=1S/C15H25NO3/c1-13(16)15(14-7-4-3-5-8-14)19-12-11-18-10-6-9-17-2/h3-5,7-8,13,15H,6,9-12,16H2,1-2H3.